The van der Waals surface area contributed by atoms with Crippen molar-refractivity contribution in [1.29, 1.82) is 0 Å². The van der Waals surface area contributed by atoms with Gasteiger partial charge in [-0.05, 0) is 12.1 Å². The Morgan fingerprint density at radius 3 is 2.75 bits per heavy atom. The molecule has 0 saturated heterocycles. The van der Waals surface area contributed by atoms with E-state index in [-0.39, 0.29) is 0 Å². The third-order valence-electron chi connectivity index (χ3n) is 3.37. The number of hydrogen-bond acceptors (Lipinski definition) is 3. The zero-order valence-electron chi connectivity index (χ0n) is 10.9. The molecule has 4 aromatic rings. The number of imidazole rings is 1. The lowest BCUT2D eigenvalue weighted by atomic mass is 10.2. The van der Waals surface area contributed by atoms with E-state index in [2.05, 4.69) is 34.9 Å². The molecule has 0 N–H and O–H groups in total. The predicted octanol–water partition coefficient (Wildman–Crippen LogP) is 4.22. The summed E-state index contributed by atoms with van der Waals surface area (Å²) in [7, 11) is 1.69. The van der Waals surface area contributed by atoms with E-state index >= 15 is 0 Å². The monoisotopic (exact) mass is 280 g/mol. The molecule has 0 amide bonds. The van der Waals surface area contributed by atoms with Crippen molar-refractivity contribution in [2.75, 3.05) is 7.11 Å². The lowest BCUT2D eigenvalue weighted by Gasteiger charge is -1.98. The summed E-state index contributed by atoms with van der Waals surface area (Å²) in [6, 6.07) is 16.3. The Bertz CT molecular complexity index is 893. The van der Waals surface area contributed by atoms with Crippen molar-refractivity contribution in [3.63, 3.8) is 0 Å². The van der Waals surface area contributed by atoms with E-state index < -0.39 is 0 Å². The number of fused-ring (bicyclic) bond motifs is 3. The number of nitrogens with zero attached hydrogens (tertiary/aromatic N) is 2. The van der Waals surface area contributed by atoms with E-state index in [9.17, 15) is 0 Å². The van der Waals surface area contributed by atoms with Crippen molar-refractivity contribution < 1.29 is 4.74 Å². The van der Waals surface area contributed by atoms with Gasteiger partial charge in [0.15, 0.2) is 4.96 Å². The van der Waals surface area contributed by atoms with E-state index in [0.29, 0.717) is 0 Å². The summed E-state index contributed by atoms with van der Waals surface area (Å²) >= 11 is 1.69. The first-order valence-corrected chi connectivity index (χ1v) is 7.18. The molecule has 0 bridgehead atoms. The Hall–Kier alpha value is -2.33. The van der Waals surface area contributed by atoms with E-state index in [1.807, 2.05) is 24.3 Å². The minimum atomic E-state index is 0.868. The fourth-order valence-electron chi connectivity index (χ4n) is 2.35. The summed E-state index contributed by atoms with van der Waals surface area (Å²) in [5.74, 6) is 0.868. The first-order valence-electron chi connectivity index (χ1n) is 6.36. The van der Waals surface area contributed by atoms with Gasteiger partial charge in [0.05, 0.1) is 23.0 Å². The Kier molecular flexibility index (Phi) is 2.50. The first-order chi connectivity index (χ1) is 9.85. The van der Waals surface area contributed by atoms with E-state index in [4.69, 9.17) is 9.72 Å². The summed E-state index contributed by atoms with van der Waals surface area (Å²) in [6.07, 6.45) is 2.09. The van der Waals surface area contributed by atoms with Crippen LogP contribution >= 0.6 is 11.3 Å². The molecule has 0 fully saturated rings. The first kappa shape index (κ1) is 11.5. The maximum Gasteiger partial charge on any atom is 0.195 e. The van der Waals surface area contributed by atoms with Crippen LogP contribution in [-0.2, 0) is 0 Å². The topological polar surface area (TPSA) is 26.5 Å². The average Bonchev–Trinajstić information content (AvgIpc) is 3.05. The largest absolute Gasteiger partial charge is 0.497 e. The van der Waals surface area contributed by atoms with Crippen molar-refractivity contribution in [2.24, 2.45) is 0 Å². The SMILES string of the molecule is COc1ccc2sc3nc(-c4ccccc4)cn3c2c1. The van der Waals surface area contributed by atoms with Crippen LogP contribution in [0.15, 0.2) is 54.7 Å². The molecule has 2 heterocycles. The van der Waals surface area contributed by atoms with Gasteiger partial charge in [0, 0.05) is 17.8 Å². The highest BCUT2D eigenvalue weighted by atomic mass is 32.1. The summed E-state index contributed by atoms with van der Waals surface area (Å²) < 4.78 is 8.65. The molecular weight excluding hydrogens is 268 g/mol. The number of thiazole rings is 1. The minimum Gasteiger partial charge on any atom is -0.497 e. The maximum absolute atomic E-state index is 5.30. The van der Waals surface area contributed by atoms with Crippen LogP contribution in [0.4, 0.5) is 0 Å². The number of methoxy groups -OCH3 is 1. The third-order valence-corrected chi connectivity index (χ3v) is 4.41. The summed E-state index contributed by atoms with van der Waals surface area (Å²) in [4.78, 5) is 5.72. The van der Waals surface area contributed by atoms with Crippen LogP contribution in [0.1, 0.15) is 0 Å². The Morgan fingerprint density at radius 1 is 1.10 bits per heavy atom. The van der Waals surface area contributed by atoms with E-state index in [0.717, 1.165) is 27.5 Å². The quantitative estimate of drug-likeness (QED) is 0.549. The lowest BCUT2D eigenvalue weighted by molar-refractivity contribution is 0.415. The van der Waals surface area contributed by atoms with Gasteiger partial charge in [-0.2, -0.15) is 0 Å². The van der Waals surface area contributed by atoms with Gasteiger partial charge in [-0.25, -0.2) is 4.98 Å². The molecule has 4 rings (SSSR count). The average molecular weight is 280 g/mol. The number of ether oxygens (including phenoxy) is 1. The molecule has 0 unspecified atom stereocenters. The van der Waals surface area contributed by atoms with Gasteiger partial charge in [-0.1, -0.05) is 41.7 Å². The van der Waals surface area contributed by atoms with Crippen LogP contribution in [0.25, 0.3) is 26.4 Å². The normalized spacial score (nSPS) is 11.2. The van der Waals surface area contributed by atoms with E-state index in [1.54, 1.807) is 18.4 Å². The zero-order chi connectivity index (χ0) is 13.5. The number of hydrogen-bond donors (Lipinski definition) is 0. The second-order valence-electron chi connectivity index (χ2n) is 4.58. The molecular formula is C16H12N2OS. The van der Waals surface area contributed by atoms with Gasteiger partial charge in [0.25, 0.3) is 0 Å². The molecule has 0 atom stereocenters. The van der Waals surface area contributed by atoms with Gasteiger partial charge in [0.2, 0.25) is 0 Å². The smallest absolute Gasteiger partial charge is 0.195 e. The van der Waals surface area contributed by atoms with Crippen LogP contribution in [0.3, 0.4) is 0 Å². The second kappa shape index (κ2) is 4.35. The third kappa shape index (κ3) is 1.69. The van der Waals surface area contributed by atoms with Crippen molar-refractivity contribution in [2.45, 2.75) is 0 Å². The predicted molar refractivity (Wildman–Crippen MR) is 82.6 cm³/mol. The zero-order valence-corrected chi connectivity index (χ0v) is 11.7. The maximum atomic E-state index is 5.30. The fourth-order valence-corrected chi connectivity index (χ4v) is 3.34. The summed E-state index contributed by atoms with van der Waals surface area (Å²) in [5.41, 5.74) is 3.28. The van der Waals surface area contributed by atoms with Crippen molar-refractivity contribution in [3.8, 4) is 17.0 Å². The molecule has 0 aliphatic heterocycles. The molecule has 3 nitrogen and oxygen atoms in total. The van der Waals surface area contributed by atoms with Crippen LogP contribution in [0, 0.1) is 0 Å². The molecule has 0 spiro atoms. The minimum absolute atomic E-state index is 0.868. The van der Waals surface area contributed by atoms with Gasteiger partial charge < -0.3 is 4.74 Å². The van der Waals surface area contributed by atoms with Crippen molar-refractivity contribution >= 4 is 26.5 Å². The molecule has 0 aliphatic rings. The molecule has 0 radical (unpaired) electrons. The van der Waals surface area contributed by atoms with Crippen LogP contribution in [-0.4, -0.2) is 16.5 Å². The fraction of sp³-hybridized carbons (Fsp3) is 0.0625. The summed E-state index contributed by atoms with van der Waals surface area (Å²) in [6.45, 7) is 0. The van der Waals surface area contributed by atoms with Crippen LogP contribution in [0.2, 0.25) is 0 Å². The number of aromatic nitrogens is 2. The van der Waals surface area contributed by atoms with E-state index in [1.165, 1.54) is 4.70 Å². The molecule has 2 aromatic carbocycles. The van der Waals surface area contributed by atoms with Gasteiger partial charge in [-0.3, -0.25) is 4.40 Å². The molecule has 2 aromatic heterocycles. The Labute approximate surface area is 120 Å². The highest BCUT2D eigenvalue weighted by Gasteiger charge is 2.10. The highest BCUT2D eigenvalue weighted by molar-refractivity contribution is 7.23. The molecule has 0 aliphatic carbocycles. The molecule has 0 saturated carbocycles. The van der Waals surface area contributed by atoms with Gasteiger partial charge in [0.1, 0.15) is 5.75 Å². The molecule has 4 heteroatoms. The standard InChI is InChI=1S/C16H12N2OS/c1-19-12-7-8-15-14(9-12)18-10-13(17-16(18)20-15)11-5-3-2-4-6-11/h2-10H,1H3. The lowest BCUT2D eigenvalue weighted by Crippen LogP contribution is -1.83. The van der Waals surface area contributed by atoms with Gasteiger partial charge >= 0.3 is 0 Å². The second-order valence-corrected chi connectivity index (χ2v) is 5.59. The van der Waals surface area contributed by atoms with Crippen molar-refractivity contribution in [1.82, 2.24) is 9.38 Å². The Morgan fingerprint density at radius 2 is 1.95 bits per heavy atom. The summed E-state index contributed by atoms with van der Waals surface area (Å²) in [5, 5.41) is 0. The number of benzene rings is 2. The number of rotatable bonds is 2. The van der Waals surface area contributed by atoms with Crippen LogP contribution < -0.4 is 4.74 Å². The molecule has 20 heavy (non-hydrogen) atoms. The van der Waals surface area contributed by atoms with Crippen LogP contribution in [0.5, 0.6) is 5.75 Å². The molecule has 98 valence electrons. The van der Waals surface area contributed by atoms with Crippen molar-refractivity contribution in [3.05, 3.63) is 54.7 Å². The van der Waals surface area contributed by atoms with Gasteiger partial charge in [-0.15, -0.1) is 0 Å². The highest BCUT2D eigenvalue weighted by Crippen LogP contribution is 2.31. The Balaban J connectivity index is 1.96.